The van der Waals surface area contributed by atoms with Gasteiger partial charge in [-0.25, -0.2) is 0 Å². The van der Waals surface area contributed by atoms with Crippen LogP contribution in [0.3, 0.4) is 0 Å². The van der Waals surface area contributed by atoms with Gasteiger partial charge in [0.25, 0.3) is 0 Å². The highest BCUT2D eigenvalue weighted by Gasteiger charge is 2.19. The molecule has 1 fully saturated rings. The van der Waals surface area contributed by atoms with Gasteiger partial charge in [0.05, 0.1) is 0 Å². The number of hydrogen-bond donors (Lipinski definition) is 1. The van der Waals surface area contributed by atoms with Crippen molar-refractivity contribution in [3.8, 4) is 0 Å². The Kier molecular flexibility index (Phi) is 4.97. The number of thiol groups is 1. The van der Waals surface area contributed by atoms with Gasteiger partial charge in [-0.15, -0.1) is 0 Å². The summed E-state index contributed by atoms with van der Waals surface area (Å²) < 4.78 is 0. The minimum Gasteiger partial charge on any atom is -0.176 e. The summed E-state index contributed by atoms with van der Waals surface area (Å²) in [6.45, 7) is 2.25. The lowest BCUT2D eigenvalue weighted by molar-refractivity contribution is 0.454. The number of hydrogen-bond acceptors (Lipinski definition) is 1. The van der Waals surface area contributed by atoms with E-state index in [0.717, 1.165) is 5.92 Å². The molecule has 0 atom stereocenters. The van der Waals surface area contributed by atoms with Crippen LogP contribution in [0.4, 0.5) is 0 Å². The second kappa shape index (κ2) is 6.49. The predicted molar refractivity (Wildman–Crippen MR) is 79.0 cm³/mol. The van der Waals surface area contributed by atoms with E-state index in [1.165, 1.54) is 50.5 Å². The van der Waals surface area contributed by atoms with Crippen LogP contribution in [0.5, 0.6) is 0 Å². The van der Waals surface area contributed by atoms with E-state index in [9.17, 15) is 0 Å². The second-order valence-electron chi connectivity index (χ2n) is 5.35. The summed E-state index contributed by atoms with van der Waals surface area (Å²) in [7, 11) is 0. The van der Waals surface area contributed by atoms with Crippen molar-refractivity contribution in [1.82, 2.24) is 0 Å². The zero-order chi connectivity index (χ0) is 12.1. The number of benzene rings is 1. The summed E-state index contributed by atoms with van der Waals surface area (Å²) in [5.41, 5.74) is 3.05. The standard InChI is InChI=1S/C16H24S/c1-2-3-4-13-5-7-14(8-6-13)15-9-11-16(17)12-10-15/h5-8,15-17H,2-4,9-12H2,1H3. The van der Waals surface area contributed by atoms with Crippen molar-refractivity contribution in [1.29, 1.82) is 0 Å². The van der Waals surface area contributed by atoms with Gasteiger partial charge in [0.15, 0.2) is 0 Å². The molecule has 94 valence electrons. The van der Waals surface area contributed by atoms with Crippen LogP contribution < -0.4 is 0 Å². The average Bonchev–Trinajstić information content (AvgIpc) is 2.38. The van der Waals surface area contributed by atoms with Crippen LogP contribution in [0, 0.1) is 0 Å². The molecule has 0 bridgehead atoms. The summed E-state index contributed by atoms with van der Waals surface area (Å²) in [5, 5.41) is 0.648. The topological polar surface area (TPSA) is 0 Å². The summed E-state index contributed by atoms with van der Waals surface area (Å²) in [4.78, 5) is 0. The Morgan fingerprint density at radius 1 is 1.06 bits per heavy atom. The first-order chi connectivity index (χ1) is 8.29. The van der Waals surface area contributed by atoms with Crippen molar-refractivity contribution in [3.63, 3.8) is 0 Å². The maximum atomic E-state index is 4.57. The summed E-state index contributed by atoms with van der Waals surface area (Å²) in [6.07, 6.45) is 9.04. The monoisotopic (exact) mass is 248 g/mol. The van der Waals surface area contributed by atoms with Crippen LogP contribution in [0.15, 0.2) is 24.3 Å². The van der Waals surface area contributed by atoms with Crippen molar-refractivity contribution in [2.75, 3.05) is 0 Å². The lowest BCUT2D eigenvalue weighted by atomic mass is 9.83. The third kappa shape index (κ3) is 3.77. The predicted octanol–water partition coefficient (Wildman–Crippen LogP) is 4.99. The van der Waals surface area contributed by atoms with Crippen LogP contribution >= 0.6 is 12.6 Å². The molecule has 0 radical (unpaired) electrons. The Morgan fingerprint density at radius 2 is 1.71 bits per heavy atom. The third-order valence-electron chi connectivity index (χ3n) is 3.97. The fourth-order valence-electron chi connectivity index (χ4n) is 2.75. The molecule has 0 aliphatic heterocycles. The van der Waals surface area contributed by atoms with Gasteiger partial charge in [-0.3, -0.25) is 0 Å². The minimum atomic E-state index is 0.648. The van der Waals surface area contributed by atoms with Gasteiger partial charge in [-0.2, -0.15) is 12.6 Å². The molecule has 0 unspecified atom stereocenters. The molecule has 0 amide bonds. The lowest BCUT2D eigenvalue weighted by Crippen LogP contribution is -2.12. The molecule has 1 aromatic rings. The van der Waals surface area contributed by atoms with Crippen LogP contribution in [0.2, 0.25) is 0 Å². The zero-order valence-corrected chi connectivity index (χ0v) is 11.8. The third-order valence-corrected chi connectivity index (χ3v) is 4.48. The molecular formula is C16H24S. The molecule has 0 saturated heterocycles. The van der Waals surface area contributed by atoms with Gasteiger partial charge in [0.1, 0.15) is 0 Å². The maximum Gasteiger partial charge on any atom is 0.00172 e. The highest BCUT2D eigenvalue weighted by molar-refractivity contribution is 7.80. The molecule has 1 heteroatoms. The van der Waals surface area contributed by atoms with Gasteiger partial charge in [-0.05, 0) is 55.6 Å². The van der Waals surface area contributed by atoms with Crippen LogP contribution in [-0.4, -0.2) is 5.25 Å². The molecule has 1 aromatic carbocycles. The van der Waals surface area contributed by atoms with Gasteiger partial charge < -0.3 is 0 Å². The molecule has 17 heavy (non-hydrogen) atoms. The van der Waals surface area contributed by atoms with Crippen molar-refractivity contribution in [2.24, 2.45) is 0 Å². The van der Waals surface area contributed by atoms with Crippen LogP contribution in [-0.2, 0) is 6.42 Å². The Balaban J connectivity index is 1.93. The first kappa shape index (κ1) is 13.0. The van der Waals surface area contributed by atoms with Crippen molar-refractivity contribution in [3.05, 3.63) is 35.4 Å². The molecular weight excluding hydrogens is 224 g/mol. The molecule has 1 aliphatic carbocycles. The molecule has 0 spiro atoms. The molecule has 0 nitrogen and oxygen atoms in total. The highest BCUT2D eigenvalue weighted by Crippen LogP contribution is 2.34. The number of unbranched alkanes of at least 4 members (excludes halogenated alkanes) is 1. The number of rotatable bonds is 4. The lowest BCUT2D eigenvalue weighted by Gasteiger charge is -2.26. The second-order valence-corrected chi connectivity index (χ2v) is 6.08. The summed E-state index contributed by atoms with van der Waals surface area (Å²) >= 11 is 4.57. The smallest absolute Gasteiger partial charge is 0.00172 e. The van der Waals surface area contributed by atoms with Crippen LogP contribution in [0.25, 0.3) is 0 Å². The molecule has 2 rings (SSSR count). The summed E-state index contributed by atoms with van der Waals surface area (Å²) in [6, 6.07) is 9.37. The van der Waals surface area contributed by atoms with E-state index in [1.807, 2.05) is 0 Å². The first-order valence-corrected chi connectivity index (χ1v) is 7.58. The van der Waals surface area contributed by atoms with Gasteiger partial charge in [0.2, 0.25) is 0 Å². The van der Waals surface area contributed by atoms with Crippen molar-refractivity contribution >= 4 is 12.6 Å². The SMILES string of the molecule is CCCCc1ccc(C2CCC(S)CC2)cc1. The Bertz CT molecular complexity index is 320. The average molecular weight is 248 g/mol. The quantitative estimate of drug-likeness (QED) is 0.713. The van der Waals surface area contributed by atoms with Gasteiger partial charge >= 0.3 is 0 Å². The Labute approximate surface area is 111 Å². The fraction of sp³-hybridized carbons (Fsp3) is 0.625. The molecule has 0 heterocycles. The molecule has 0 aromatic heterocycles. The normalized spacial score (nSPS) is 24.8. The van der Waals surface area contributed by atoms with E-state index in [0.29, 0.717) is 5.25 Å². The molecule has 1 saturated carbocycles. The highest BCUT2D eigenvalue weighted by atomic mass is 32.1. The van der Waals surface area contributed by atoms with E-state index in [2.05, 4.69) is 43.8 Å². The fourth-order valence-corrected chi connectivity index (χ4v) is 3.04. The summed E-state index contributed by atoms with van der Waals surface area (Å²) in [5.74, 6) is 0.790. The van der Waals surface area contributed by atoms with Crippen molar-refractivity contribution in [2.45, 2.75) is 63.0 Å². The maximum absolute atomic E-state index is 4.57. The largest absolute Gasteiger partial charge is 0.176 e. The van der Waals surface area contributed by atoms with E-state index >= 15 is 0 Å². The Morgan fingerprint density at radius 3 is 2.29 bits per heavy atom. The zero-order valence-electron chi connectivity index (χ0n) is 10.9. The van der Waals surface area contributed by atoms with E-state index in [1.54, 1.807) is 5.56 Å². The Hall–Kier alpha value is -0.430. The van der Waals surface area contributed by atoms with Gasteiger partial charge in [-0.1, -0.05) is 37.6 Å². The van der Waals surface area contributed by atoms with E-state index in [4.69, 9.17) is 0 Å². The van der Waals surface area contributed by atoms with E-state index < -0.39 is 0 Å². The molecule has 1 aliphatic rings. The molecule has 0 N–H and O–H groups in total. The minimum absolute atomic E-state index is 0.648. The van der Waals surface area contributed by atoms with Crippen molar-refractivity contribution < 1.29 is 0 Å². The number of aryl methyl sites for hydroxylation is 1. The van der Waals surface area contributed by atoms with E-state index in [-0.39, 0.29) is 0 Å². The first-order valence-electron chi connectivity index (χ1n) is 7.06. The van der Waals surface area contributed by atoms with Gasteiger partial charge in [0, 0.05) is 5.25 Å². The van der Waals surface area contributed by atoms with Crippen LogP contribution in [0.1, 0.15) is 62.5 Å².